The maximum atomic E-state index is 9.59. The van der Waals surface area contributed by atoms with E-state index in [9.17, 15) is 10.2 Å². The normalized spacial score (nSPS) is 15.2. The Kier molecular flexibility index (Phi) is 4.10. The number of hydrogen-bond acceptors (Lipinski definition) is 4. The van der Waals surface area contributed by atoms with Gasteiger partial charge in [0.15, 0.2) is 0 Å². The van der Waals surface area contributed by atoms with Crippen LogP contribution >= 0.6 is 23.2 Å². The van der Waals surface area contributed by atoms with Crippen molar-refractivity contribution in [3.8, 4) is 0 Å². The zero-order valence-corrected chi connectivity index (χ0v) is 8.70. The molecule has 6 heteroatoms. The molecule has 0 radical (unpaired) electrons. The number of nitrogens with zero attached hydrogens (tertiary/aromatic N) is 1. The number of nitrogens with two attached hydrogens (primary N) is 1. The monoisotopic (exact) mass is 236 g/mol. The Bertz CT molecular complexity index is 322. The highest BCUT2D eigenvalue weighted by atomic mass is 35.5. The Morgan fingerprint density at radius 2 is 2.07 bits per heavy atom. The van der Waals surface area contributed by atoms with Crippen molar-refractivity contribution in [3.63, 3.8) is 0 Å². The largest absolute Gasteiger partial charge is 0.389 e. The third-order valence-electron chi connectivity index (χ3n) is 1.80. The number of aromatic nitrogens is 1. The molecular formula is C8H10Cl2N2O2. The minimum absolute atomic E-state index is 0.0581. The Hall–Kier alpha value is -0.390. The van der Waals surface area contributed by atoms with Gasteiger partial charge in [-0.15, -0.1) is 0 Å². The Morgan fingerprint density at radius 1 is 1.43 bits per heavy atom. The van der Waals surface area contributed by atoms with Crippen molar-refractivity contribution in [2.24, 2.45) is 5.73 Å². The fourth-order valence-electron chi connectivity index (χ4n) is 0.997. The van der Waals surface area contributed by atoms with E-state index in [2.05, 4.69) is 4.98 Å². The molecule has 14 heavy (non-hydrogen) atoms. The maximum Gasteiger partial charge on any atom is 0.147 e. The van der Waals surface area contributed by atoms with Crippen LogP contribution in [-0.4, -0.2) is 27.8 Å². The van der Waals surface area contributed by atoms with Gasteiger partial charge in [0.1, 0.15) is 11.3 Å². The van der Waals surface area contributed by atoms with Crippen molar-refractivity contribution in [1.82, 2.24) is 4.98 Å². The van der Waals surface area contributed by atoms with Gasteiger partial charge in [-0.1, -0.05) is 23.2 Å². The molecule has 78 valence electrons. The van der Waals surface area contributed by atoms with Crippen molar-refractivity contribution >= 4 is 23.2 Å². The van der Waals surface area contributed by atoms with Gasteiger partial charge in [0, 0.05) is 18.3 Å². The van der Waals surface area contributed by atoms with Crippen molar-refractivity contribution in [2.45, 2.75) is 12.2 Å². The second kappa shape index (κ2) is 4.91. The quantitative estimate of drug-likeness (QED) is 0.677. The van der Waals surface area contributed by atoms with Crippen LogP contribution in [-0.2, 0) is 0 Å². The Balaban J connectivity index is 3.01. The van der Waals surface area contributed by atoms with E-state index < -0.39 is 12.2 Å². The van der Waals surface area contributed by atoms with Gasteiger partial charge >= 0.3 is 0 Å². The number of rotatable bonds is 3. The lowest BCUT2D eigenvalue weighted by atomic mass is 10.1. The average molecular weight is 237 g/mol. The molecule has 1 aromatic heterocycles. The molecule has 0 aliphatic heterocycles. The lowest BCUT2D eigenvalue weighted by molar-refractivity contribution is 0.0243. The van der Waals surface area contributed by atoms with Crippen molar-refractivity contribution in [3.05, 3.63) is 28.0 Å². The molecule has 0 aromatic carbocycles. The second-order valence-corrected chi connectivity index (χ2v) is 3.49. The summed E-state index contributed by atoms with van der Waals surface area (Å²) < 4.78 is 0. The van der Waals surface area contributed by atoms with Crippen molar-refractivity contribution < 1.29 is 10.2 Å². The van der Waals surface area contributed by atoms with Crippen LogP contribution in [0, 0.1) is 0 Å². The number of halogens is 2. The molecule has 0 bridgehead atoms. The summed E-state index contributed by atoms with van der Waals surface area (Å²) in [5.41, 5.74) is 5.52. The van der Waals surface area contributed by atoms with Gasteiger partial charge in [-0.2, -0.15) is 0 Å². The number of hydrogen-bond donors (Lipinski definition) is 3. The van der Waals surface area contributed by atoms with Crippen LogP contribution in [0.15, 0.2) is 12.3 Å². The highest BCUT2D eigenvalue weighted by Crippen LogP contribution is 2.29. The smallest absolute Gasteiger partial charge is 0.147 e. The zero-order valence-electron chi connectivity index (χ0n) is 7.19. The van der Waals surface area contributed by atoms with Gasteiger partial charge in [0.25, 0.3) is 0 Å². The minimum Gasteiger partial charge on any atom is -0.389 e. The molecule has 0 amide bonds. The van der Waals surface area contributed by atoms with E-state index in [4.69, 9.17) is 28.9 Å². The molecule has 0 saturated carbocycles. The van der Waals surface area contributed by atoms with E-state index in [0.29, 0.717) is 5.56 Å². The average Bonchev–Trinajstić information content (AvgIpc) is 2.20. The molecule has 0 aliphatic carbocycles. The third-order valence-corrected chi connectivity index (χ3v) is 2.58. The first-order valence-corrected chi connectivity index (χ1v) is 4.69. The molecule has 2 atom stereocenters. The molecule has 1 heterocycles. The zero-order chi connectivity index (χ0) is 10.7. The van der Waals surface area contributed by atoms with E-state index in [-0.39, 0.29) is 16.7 Å². The summed E-state index contributed by atoms with van der Waals surface area (Å²) in [4.78, 5) is 3.72. The van der Waals surface area contributed by atoms with Gasteiger partial charge in [-0.05, 0) is 6.07 Å². The Morgan fingerprint density at radius 3 is 2.64 bits per heavy atom. The van der Waals surface area contributed by atoms with Crippen LogP contribution in [0.5, 0.6) is 0 Å². The Labute approximate surface area is 91.3 Å². The topological polar surface area (TPSA) is 79.4 Å². The summed E-state index contributed by atoms with van der Waals surface area (Å²) in [5.74, 6) is 0. The predicted octanol–water partition coefficient (Wildman–Crippen LogP) is 0.741. The molecule has 1 aromatic rings. The fourth-order valence-corrected chi connectivity index (χ4v) is 1.39. The van der Waals surface area contributed by atoms with Gasteiger partial charge in [0.2, 0.25) is 0 Å². The summed E-state index contributed by atoms with van der Waals surface area (Å²) in [6.07, 6.45) is -0.810. The van der Waals surface area contributed by atoms with Gasteiger partial charge in [0.05, 0.1) is 11.1 Å². The van der Waals surface area contributed by atoms with Crippen molar-refractivity contribution in [2.75, 3.05) is 6.54 Å². The summed E-state index contributed by atoms with van der Waals surface area (Å²) >= 11 is 11.4. The SMILES string of the molecule is NCC(O)C(O)c1ccnc(Cl)c1Cl. The molecule has 1 rings (SSSR count). The van der Waals surface area contributed by atoms with E-state index in [1.807, 2.05) is 0 Å². The van der Waals surface area contributed by atoms with E-state index in [1.54, 1.807) is 0 Å². The van der Waals surface area contributed by atoms with E-state index >= 15 is 0 Å². The van der Waals surface area contributed by atoms with Crippen LogP contribution in [0.4, 0.5) is 0 Å². The molecule has 4 N–H and O–H groups in total. The molecule has 4 nitrogen and oxygen atoms in total. The van der Waals surface area contributed by atoms with Crippen LogP contribution in [0.25, 0.3) is 0 Å². The van der Waals surface area contributed by atoms with Crippen LogP contribution in [0.1, 0.15) is 11.7 Å². The predicted molar refractivity (Wildman–Crippen MR) is 54.3 cm³/mol. The first kappa shape index (κ1) is 11.7. The standard InChI is InChI=1S/C8H10Cl2N2O2/c9-6-4(1-2-12-8(6)10)7(14)5(13)3-11/h1-2,5,7,13-14H,3,11H2. The van der Waals surface area contributed by atoms with Gasteiger partial charge < -0.3 is 15.9 Å². The highest BCUT2D eigenvalue weighted by molar-refractivity contribution is 6.41. The van der Waals surface area contributed by atoms with Gasteiger partial charge in [-0.25, -0.2) is 4.98 Å². The molecule has 0 spiro atoms. The highest BCUT2D eigenvalue weighted by Gasteiger charge is 2.20. The fraction of sp³-hybridized carbons (Fsp3) is 0.375. The van der Waals surface area contributed by atoms with Crippen molar-refractivity contribution in [1.29, 1.82) is 0 Å². The molecule has 2 unspecified atom stereocenters. The lowest BCUT2D eigenvalue weighted by Gasteiger charge is -2.17. The first-order chi connectivity index (χ1) is 6.57. The lowest BCUT2D eigenvalue weighted by Crippen LogP contribution is -2.27. The minimum atomic E-state index is -1.15. The summed E-state index contributed by atoms with van der Waals surface area (Å²) in [5, 5.41) is 19.1. The summed E-state index contributed by atoms with van der Waals surface area (Å²) in [6.45, 7) is -0.0581. The van der Waals surface area contributed by atoms with E-state index in [0.717, 1.165) is 0 Å². The first-order valence-electron chi connectivity index (χ1n) is 3.94. The molecule has 0 saturated heterocycles. The summed E-state index contributed by atoms with van der Waals surface area (Å²) in [7, 11) is 0. The third kappa shape index (κ3) is 2.34. The molecular weight excluding hydrogens is 227 g/mol. The molecule has 0 aliphatic rings. The summed E-state index contributed by atoms with van der Waals surface area (Å²) in [6, 6.07) is 1.48. The van der Waals surface area contributed by atoms with Crippen LogP contribution in [0.2, 0.25) is 10.2 Å². The van der Waals surface area contributed by atoms with Crippen LogP contribution < -0.4 is 5.73 Å². The van der Waals surface area contributed by atoms with Crippen LogP contribution in [0.3, 0.4) is 0 Å². The maximum absolute atomic E-state index is 9.59. The van der Waals surface area contributed by atoms with E-state index in [1.165, 1.54) is 12.3 Å². The molecule has 0 fully saturated rings. The van der Waals surface area contributed by atoms with Gasteiger partial charge in [-0.3, -0.25) is 0 Å². The second-order valence-electron chi connectivity index (χ2n) is 2.75. The number of aliphatic hydroxyl groups excluding tert-OH is 2. The number of pyridine rings is 1. The number of aliphatic hydroxyl groups is 2.